The summed E-state index contributed by atoms with van der Waals surface area (Å²) in [5.74, 6) is 0.308. The molecule has 3 unspecified atom stereocenters. The van der Waals surface area contributed by atoms with Gasteiger partial charge in [0, 0.05) is 59.7 Å². The average molecular weight is 827 g/mol. The summed E-state index contributed by atoms with van der Waals surface area (Å²) in [7, 11) is 0. The molecule has 0 aliphatic carbocycles. The lowest BCUT2D eigenvalue weighted by Gasteiger charge is -2.32. The largest absolute Gasteiger partial charge is 0.309 e. The maximum Gasteiger partial charge on any atom is 0.0827 e. The van der Waals surface area contributed by atoms with Crippen LogP contribution in [0.4, 0.5) is 0 Å². The van der Waals surface area contributed by atoms with Gasteiger partial charge in [-0.2, -0.15) is 0 Å². The number of aromatic nitrogens is 1. The van der Waals surface area contributed by atoms with E-state index >= 15 is 0 Å². The molecule has 0 spiro atoms. The first-order valence-corrected chi connectivity index (χ1v) is 23.2. The van der Waals surface area contributed by atoms with Crippen LogP contribution >= 0.6 is 11.3 Å². The Morgan fingerprint density at radius 2 is 1.19 bits per heavy atom. The van der Waals surface area contributed by atoms with Crippen LogP contribution < -0.4 is 0 Å². The minimum Gasteiger partial charge on any atom is -0.309 e. The number of allylic oxidation sites excluding steroid dienone is 1. The van der Waals surface area contributed by atoms with Crippen LogP contribution in [0.5, 0.6) is 0 Å². The number of rotatable bonds is 6. The van der Waals surface area contributed by atoms with Crippen LogP contribution in [0, 0.1) is 11.8 Å². The van der Waals surface area contributed by atoms with Gasteiger partial charge in [0.2, 0.25) is 0 Å². The second-order valence-corrected chi connectivity index (χ2v) is 18.4. The van der Waals surface area contributed by atoms with Gasteiger partial charge in [-0.3, -0.25) is 4.99 Å². The number of fused-ring (bicyclic) bond motifs is 8. The smallest absolute Gasteiger partial charge is 0.0827 e. The molecule has 1 aliphatic rings. The topological polar surface area (TPSA) is 17.3 Å². The van der Waals surface area contributed by atoms with Gasteiger partial charge >= 0.3 is 0 Å². The van der Waals surface area contributed by atoms with Crippen molar-refractivity contribution in [3.8, 4) is 16.8 Å². The highest BCUT2D eigenvalue weighted by Crippen LogP contribution is 2.46. The number of thiophene rings is 1. The van der Waals surface area contributed by atoms with Crippen molar-refractivity contribution in [2.24, 2.45) is 16.8 Å². The fourth-order valence-corrected chi connectivity index (χ4v) is 11.8. The standard InChI is InChI=1S/C60H46N2S/c1-3-46-48(42-31-29-40(30-32-42)39-16-5-4-6-17-39)33-28-38(2)59(61-60(46)50-25-15-21-41-18-9-10-22-47(41)50)53-36-45(37-57-58(53)51-24-12-14-27-56(51)63-57)62-54-26-13-11-23-49(54)52-34-43-19-7-8-20-44(43)35-55(52)62/h4-27,29-38,46,60H,3,28H2,1-2H3/b48-33+,61-59+. The lowest BCUT2D eigenvalue weighted by atomic mass is 9.77. The number of benzene rings is 9. The zero-order chi connectivity index (χ0) is 42.0. The van der Waals surface area contributed by atoms with E-state index in [1.807, 2.05) is 11.3 Å². The van der Waals surface area contributed by atoms with E-state index in [4.69, 9.17) is 4.99 Å². The normalized spacial score (nSPS) is 18.7. The lowest BCUT2D eigenvalue weighted by molar-refractivity contribution is 0.516. The average Bonchev–Trinajstić information content (AvgIpc) is 3.87. The minimum atomic E-state index is -0.109. The molecule has 3 heterocycles. The van der Waals surface area contributed by atoms with Gasteiger partial charge in [0.25, 0.3) is 0 Å². The Morgan fingerprint density at radius 3 is 2.00 bits per heavy atom. The van der Waals surface area contributed by atoms with Crippen molar-refractivity contribution >= 4 is 86.1 Å². The fraction of sp³-hybridized carbons (Fsp3) is 0.117. The van der Waals surface area contributed by atoms with Crippen LogP contribution in [0.1, 0.15) is 49.4 Å². The molecule has 0 bridgehead atoms. The number of aliphatic imine (C=N–C) groups is 1. The fourth-order valence-electron chi connectivity index (χ4n) is 10.6. The monoisotopic (exact) mass is 826 g/mol. The summed E-state index contributed by atoms with van der Waals surface area (Å²) in [6, 6.07) is 71.9. The molecule has 1 aliphatic heterocycles. The maximum absolute atomic E-state index is 6.20. The molecular formula is C60H46N2S. The summed E-state index contributed by atoms with van der Waals surface area (Å²) in [6.07, 6.45) is 4.41. The van der Waals surface area contributed by atoms with E-state index in [0.717, 1.165) is 12.8 Å². The Bertz CT molecular complexity index is 3600. The first-order chi connectivity index (χ1) is 31.1. The van der Waals surface area contributed by atoms with Gasteiger partial charge in [0.05, 0.1) is 17.1 Å². The summed E-state index contributed by atoms with van der Waals surface area (Å²) in [4.78, 5) is 6.20. The highest BCUT2D eigenvalue weighted by molar-refractivity contribution is 7.25. The molecule has 0 saturated heterocycles. The Kier molecular flexibility index (Phi) is 9.19. The molecule has 302 valence electrons. The quantitative estimate of drug-likeness (QED) is 0.159. The van der Waals surface area contributed by atoms with Crippen molar-refractivity contribution in [3.63, 3.8) is 0 Å². The SMILES string of the molecule is CCC1/C(c2ccc(-c3ccccc3)cc2)=C/CC(C)/C(c2cc(-n3c4ccccc4c4cc5ccccc5cc43)cc3sc4ccccc4c23)=N\C1c1cccc2ccccc12. The molecule has 0 amide bonds. The second kappa shape index (κ2) is 15.4. The molecule has 12 rings (SSSR count). The second-order valence-electron chi connectivity index (χ2n) is 17.3. The van der Waals surface area contributed by atoms with Crippen LogP contribution in [0.2, 0.25) is 0 Å². The molecule has 9 aromatic carbocycles. The van der Waals surface area contributed by atoms with Gasteiger partial charge in [-0.25, -0.2) is 0 Å². The molecular weight excluding hydrogens is 781 g/mol. The maximum atomic E-state index is 6.20. The van der Waals surface area contributed by atoms with E-state index in [-0.39, 0.29) is 17.9 Å². The molecule has 0 N–H and O–H groups in total. The van der Waals surface area contributed by atoms with Gasteiger partial charge < -0.3 is 4.57 Å². The van der Waals surface area contributed by atoms with Crippen molar-refractivity contribution in [2.75, 3.05) is 0 Å². The lowest BCUT2D eigenvalue weighted by Crippen LogP contribution is -2.22. The van der Waals surface area contributed by atoms with E-state index in [1.54, 1.807) is 0 Å². The number of para-hydroxylation sites is 1. The molecule has 0 radical (unpaired) electrons. The van der Waals surface area contributed by atoms with Crippen LogP contribution in [-0.2, 0) is 0 Å². The van der Waals surface area contributed by atoms with Crippen molar-refractivity contribution in [2.45, 2.75) is 32.7 Å². The van der Waals surface area contributed by atoms with Gasteiger partial charge in [0.15, 0.2) is 0 Å². The van der Waals surface area contributed by atoms with Crippen molar-refractivity contribution < 1.29 is 0 Å². The van der Waals surface area contributed by atoms with E-state index in [9.17, 15) is 0 Å². The third kappa shape index (κ3) is 6.33. The molecule has 11 aromatic rings. The van der Waals surface area contributed by atoms with Gasteiger partial charge in [-0.1, -0.05) is 178 Å². The Hall–Kier alpha value is -7.07. The molecule has 0 saturated carbocycles. The zero-order valence-electron chi connectivity index (χ0n) is 35.5. The van der Waals surface area contributed by atoms with Gasteiger partial charge in [-0.05, 0) is 98.6 Å². The Morgan fingerprint density at radius 1 is 0.540 bits per heavy atom. The van der Waals surface area contributed by atoms with E-state index in [2.05, 4.69) is 219 Å². The van der Waals surface area contributed by atoms with Crippen LogP contribution in [0.15, 0.2) is 205 Å². The number of nitrogens with zero attached hydrogens (tertiary/aromatic N) is 2. The van der Waals surface area contributed by atoms with Crippen LogP contribution in [0.25, 0.3) is 85.9 Å². The summed E-state index contributed by atoms with van der Waals surface area (Å²) >= 11 is 1.90. The number of hydrogen-bond acceptors (Lipinski definition) is 2. The summed E-state index contributed by atoms with van der Waals surface area (Å²) < 4.78 is 5.10. The zero-order valence-corrected chi connectivity index (χ0v) is 36.3. The van der Waals surface area contributed by atoms with Crippen LogP contribution in [-0.4, -0.2) is 10.3 Å². The third-order valence-electron chi connectivity index (χ3n) is 13.7. The molecule has 3 heteroatoms. The Balaban J connectivity index is 1.11. The highest BCUT2D eigenvalue weighted by Gasteiger charge is 2.32. The van der Waals surface area contributed by atoms with E-state index in [0.29, 0.717) is 0 Å². The van der Waals surface area contributed by atoms with E-state index < -0.39 is 0 Å². The number of hydrogen-bond donors (Lipinski definition) is 0. The first kappa shape index (κ1) is 37.7. The molecule has 3 atom stereocenters. The summed E-state index contributed by atoms with van der Waals surface area (Å²) in [6.45, 7) is 4.75. The highest BCUT2D eigenvalue weighted by atomic mass is 32.1. The predicted octanol–water partition coefficient (Wildman–Crippen LogP) is 16.8. The van der Waals surface area contributed by atoms with E-state index in [1.165, 1.54) is 108 Å². The Labute approximate surface area is 372 Å². The molecule has 2 nitrogen and oxygen atoms in total. The van der Waals surface area contributed by atoms with Crippen molar-refractivity contribution in [3.05, 3.63) is 217 Å². The summed E-state index contributed by atoms with van der Waals surface area (Å²) in [5.41, 5.74) is 12.5. The molecule has 2 aromatic heterocycles. The first-order valence-electron chi connectivity index (χ1n) is 22.4. The van der Waals surface area contributed by atoms with Crippen molar-refractivity contribution in [1.29, 1.82) is 0 Å². The predicted molar refractivity (Wildman–Crippen MR) is 272 cm³/mol. The van der Waals surface area contributed by atoms with Gasteiger partial charge in [0.1, 0.15) is 0 Å². The molecule has 0 fully saturated rings. The third-order valence-corrected chi connectivity index (χ3v) is 14.8. The van der Waals surface area contributed by atoms with Gasteiger partial charge in [-0.15, -0.1) is 11.3 Å². The van der Waals surface area contributed by atoms with Crippen LogP contribution in [0.3, 0.4) is 0 Å². The summed E-state index contributed by atoms with van der Waals surface area (Å²) in [5, 5.41) is 10.2. The molecule has 63 heavy (non-hydrogen) atoms. The van der Waals surface area contributed by atoms with Crippen molar-refractivity contribution in [1.82, 2.24) is 4.57 Å². The minimum absolute atomic E-state index is 0.109.